The molecule has 3 N–H and O–H groups in total. The summed E-state index contributed by atoms with van der Waals surface area (Å²) in [7, 11) is 0. The van der Waals surface area contributed by atoms with E-state index < -0.39 is 0 Å². The number of nitrogens with one attached hydrogen (secondary N) is 1. The largest absolute Gasteiger partial charge is 0.387 e. The molecule has 1 aromatic rings. The number of amidine groups is 1. The van der Waals surface area contributed by atoms with Gasteiger partial charge in [0.05, 0.1) is 12.4 Å². The third-order valence-electron chi connectivity index (χ3n) is 2.76. The quantitative estimate of drug-likeness (QED) is 0.481. The molecule has 1 aromatic carbocycles. The van der Waals surface area contributed by atoms with Crippen LogP contribution in [0.3, 0.4) is 0 Å². The molecule has 4 heteroatoms. The molecule has 0 aliphatic rings. The van der Waals surface area contributed by atoms with Gasteiger partial charge in [-0.3, -0.25) is 5.41 Å². The molecule has 0 saturated heterocycles. The van der Waals surface area contributed by atoms with E-state index in [0.717, 1.165) is 16.5 Å². The van der Waals surface area contributed by atoms with Crippen molar-refractivity contribution in [3.63, 3.8) is 0 Å². The van der Waals surface area contributed by atoms with E-state index in [0.29, 0.717) is 13.2 Å². The van der Waals surface area contributed by atoms with E-state index in [-0.39, 0.29) is 11.3 Å². The van der Waals surface area contributed by atoms with Crippen LogP contribution in [0.15, 0.2) is 28.7 Å². The van der Waals surface area contributed by atoms with Gasteiger partial charge in [0, 0.05) is 16.5 Å². The fourth-order valence-corrected chi connectivity index (χ4v) is 1.73. The fraction of sp³-hybridized carbons (Fsp3) is 0.462. The zero-order valence-electron chi connectivity index (χ0n) is 10.3. The van der Waals surface area contributed by atoms with Gasteiger partial charge in [0.15, 0.2) is 0 Å². The molecule has 0 fully saturated rings. The minimum atomic E-state index is -0.280. The van der Waals surface area contributed by atoms with Crippen LogP contribution >= 0.6 is 15.9 Å². The number of ether oxygens (including phenoxy) is 1. The summed E-state index contributed by atoms with van der Waals surface area (Å²) in [6, 6.07) is 8.04. The number of benzene rings is 1. The molecule has 17 heavy (non-hydrogen) atoms. The van der Waals surface area contributed by atoms with Crippen LogP contribution in [0.25, 0.3) is 0 Å². The molecule has 1 rings (SSSR count). The molecule has 0 unspecified atom stereocenters. The summed E-state index contributed by atoms with van der Waals surface area (Å²) in [5.74, 6) is 0.212. The van der Waals surface area contributed by atoms with E-state index in [1.807, 2.05) is 38.1 Å². The average molecular weight is 299 g/mol. The van der Waals surface area contributed by atoms with E-state index in [2.05, 4.69) is 15.9 Å². The maximum Gasteiger partial charge on any atom is 0.0963 e. The van der Waals surface area contributed by atoms with Crippen LogP contribution in [0.4, 0.5) is 0 Å². The Morgan fingerprint density at radius 2 is 2.18 bits per heavy atom. The lowest BCUT2D eigenvalue weighted by Gasteiger charge is -2.22. The third-order valence-corrected chi connectivity index (χ3v) is 3.25. The highest BCUT2D eigenvalue weighted by Gasteiger charge is 2.20. The van der Waals surface area contributed by atoms with Gasteiger partial charge in [0.1, 0.15) is 0 Å². The second kappa shape index (κ2) is 6.17. The Bertz CT molecular complexity index is 391. The third kappa shape index (κ3) is 4.88. The van der Waals surface area contributed by atoms with Crippen LogP contribution in [0.1, 0.15) is 25.8 Å². The Hall–Kier alpha value is -0.870. The average Bonchev–Trinajstić information content (AvgIpc) is 2.24. The van der Waals surface area contributed by atoms with E-state index in [9.17, 15) is 0 Å². The molecule has 0 amide bonds. The number of halogens is 1. The molecule has 0 aromatic heterocycles. The second-order valence-electron chi connectivity index (χ2n) is 4.73. The van der Waals surface area contributed by atoms with Crippen molar-refractivity contribution in [2.75, 3.05) is 6.61 Å². The normalized spacial score (nSPS) is 11.5. The summed E-state index contributed by atoms with van der Waals surface area (Å²) in [6.07, 6.45) is 0.760. The summed E-state index contributed by atoms with van der Waals surface area (Å²) < 4.78 is 6.65. The molecule has 0 aliphatic heterocycles. The summed E-state index contributed by atoms with van der Waals surface area (Å²) in [5.41, 5.74) is 6.36. The van der Waals surface area contributed by atoms with Crippen molar-refractivity contribution >= 4 is 21.8 Å². The lowest BCUT2D eigenvalue weighted by atomic mass is 9.88. The molecule has 94 valence electrons. The van der Waals surface area contributed by atoms with E-state index in [1.165, 1.54) is 0 Å². The molecule has 0 bridgehead atoms. The van der Waals surface area contributed by atoms with Crippen LogP contribution in [0.5, 0.6) is 0 Å². The maximum absolute atomic E-state index is 7.44. The van der Waals surface area contributed by atoms with Gasteiger partial charge >= 0.3 is 0 Å². The zero-order chi connectivity index (χ0) is 12.9. The van der Waals surface area contributed by atoms with Crippen LogP contribution in [0, 0.1) is 10.8 Å². The monoisotopic (exact) mass is 298 g/mol. The van der Waals surface area contributed by atoms with Crippen molar-refractivity contribution < 1.29 is 4.74 Å². The molecular formula is C13H19BrN2O. The van der Waals surface area contributed by atoms with E-state index >= 15 is 0 Å². The molecular weight excluding hydrogens is 280 g/mol. The van der Waals surface area contributed by atoms with Crippen molar-refractivity contribution in [3.8, 4) is 0 Å². The van der Waals surface area contributed by atoms with Crippen LogP contribution < -0.4 is 5.73 Å². The molecule has 0 radical (unpaired) electrons. The number of rotatable bonds is 6. The highest BCUT2D eigenvalue weighted by Crippen LogP contribution is 2.20. The number of hydrogen-bond acceptors (Lipinski definition) is 2. The highest BCUT2D eigenvalue weighted by molar-refractivity contribution is 9.10. The fourth-order valence-electron chi connectivity index (χ4n) is 1.28. The molecule has 3 nitrogen and oxygen atoms in total. The van der Waals surface area contributed by atoms with Gasteiger partial charge < -0.3 is 10.5 Å². The van der Waals surface area contributed by atoms with Crippen LogP contribution in [-0.2, 0) is 11.3 Å². The van der Waals surface area contributed by atoms with Gasteiger partial charge in [-0.2, -0.15) is 0 Å². The topological polar surface area (TPSA) is 59.1 Å². The summed E-state index contributed by atoms with van der Waals surface area (Å²) >= 11 is 3.42. The predicted octanol–water partition coefficient (Wildman–Crippen LogP) is 3.32. The van der Waals surface area contributed by atoms with Gasteiger partial charge in [-0.25, -0.2) is 0 Å². The second-order valence-corrected chi connectivity index (χ2v) is 5.65. The first-order chi connectivity index (χ1) is 7.92. The maximum atomic E-state index is 7.44. The first-order valence-corrected chi connectivity index (χ1v) is 6.38. The molecule has 0 heterocycles. The first kappa shape index (κ1) is 14.2. The molecule has 0 atom stereocenters. The minimum Gasteiger partial charge on any atom is -0.387 e. The molecule has 0 aliphatic carbocycles. The number of nitrogens with two attached hydrogens (primary N) is 1. The van der Waals surface area contributed by atoms with Crippen molar-refractivity contribution in [2.45, 2.75) is 26.9 Å². The lowest BCUT2D eigenvalue weighted by molar-refractivity contribution is 0.104. The summed E-state index contributed by atoms with van der Waals surface area (Å²) in [5, 5.41) is 7.44. The smallest absolute Gasteiger partial charge is 0.0963 e. The van der Waals surface area contributed by atoms with Crippen LogP contribution in [-0.4, -0.2) is 12.4 Å². The zero-order valence-corrected chi connectivity index (χ0v) is 11.9. The van der Waals surface area contributed by atoms with Crippen molar-refractivity contribution in [2.24, 2.45) is 11.1 Å². The van der Waals surface area contributed by atoms with Crippen molar-refractivity contribution in [3.05, 3.63) is 34.3 Å². The Balaban J connectivity index is 2.32. The Morgan fingerprint density at radius 3 is 2.76 bits per heavy atom. The summed E-state index contributed by atoms with van der Waals surface area (Å²) in [4.78, 5) is 0. The molecule has 0 spiro atoms. The SMILES string of the molecule is CC(C)(CCOCc1cccc(Br)c1)C(=N)N. The summed E-state index contributed by atoms with van der Waals surface area (Å²) in [6.45, 7) is 5.11. The van der Waals surface area contributed by atoms with Gasteiger partial charge in [0.25, 0.3) is 0 Å². The lowest BCUT2D eigenvalue weighted by Crippen LogP contribution is -2.31. The first-order valence-electron chi connectivity index (χ1n) is 5.58. The number of hydrogen-bond donors (Lipinski definition) is 2. The Labute approximate surface area is 111 Å². The predicted molar refractivity (Wildman–Crippen MR) is 74.1 cm³/mol. The van der Waals surface area contributed by atoms with E-state index in [1.54, 1.807) is 0 Å². The van der Waals surface area contributed by atoms with Crippen molar-refractivity contribution in [1.29, 1.82) is 5.41 Å². The van der Waals surface area contributed by atoms with Crippen LogP contribution in [0.2, 0.25) is 0 Å². The van der Waals surface area contributed by atoms with Gasteiger partial charge in [0.2, 0.25) is 0 Å². The van der Waals surface area contributed by atoms with Crippen molar-refractivity contribution in [1.82, 2.24) is 0 Å². The Kier molecular flexibility index (Phi) is 5.15. The minimum absolute atomic E-state index is 0.212. The van der Waals surface area contributed by atoms with Gasteiger partial charge in [-0.05, 0) is 24.1 Å². The van der Waals surface area contributed by atoms with E-state index in [4.69, 9.17) is 15.9 Å². The molecule has 0 saturated carbocycles. The van der Waals surface area contributed by atoms with Gasteiger partial charge in [-0.1, -0.05) is 41.9 Å². The standard InChI is InChI=1S/C13H19BrN2O/c1-13(2,12(15)16)6-7-17-9-10-4-3-5-11(14)8-10/h3-5,8H,6-7,9H2,1-2H3,(H3,15,16). The highest BCUT2D eigenvalue weighted by atomic mass is 79.9. The Morgan fingerprint density at radius 1 is 1.47 bits per heavy atom. The van der Waals surface area contributed by atoms with Gasteiger partial charge in [-0.15, -0.1) is 0 Å².